The number of para-hydroxylation sites is 2. The fourth-order valence-electron chi connectivity index (χ4n) is 3.16. The average Bonchev–Trinajstić information content (AvgIpc) is 3.38. The van der Waals surface area contributed by atoms with Crippen molar-refractivity contribution in [1.82, 2.24) is 15.3 Å². The Morgan fingerprint density at radius 3 is 2.62 bits per heavy atom. The number of amides is 2. The Bertz CT molecular complexity index is 1380. The molecule has 5 rings (SSSR count). The van der Waals surface area contributed by atoms with Crippen molar-refractivity contribution in [2.24, 2.45) is 0 Å². The normalized spacial score (nSPS) is 15.6. The Hall–Kier alpha value is -3.21. The molecular formula is C22H13BrN4O3S2. The minimum absolute atomic E-state index is 0.0278. The SMILES string of the molecule is O=C1NC(=S)N(c2ccc(Br)cc2)C(=O)/C1=C/c1ccc(Sc2nc3ccccc3[nH]2)o1. The van der Waals surface area contributed by atoms with Gasteiger partial charge in [0.1, 0.15) is 11.3 Å². The lowest BCUT2D eigenvalue weighted by Gasteiger charge is -2.28. The molecule has 3 heterocycles. The Morgan fingerprint density at radius 2 is 1.84 bits per heavy atom. The molecule has 1 aliphatic rings. The molecule has 1 fully saturated rings. The number of hydrogen-bond acceptors (Lipinski definition) is 6. The molecule has 7 nitrogen and oxygen atoms in total. The zero-order valence-corrected chi connectivity index (χ0v) is 19.4. The predicted octanol–water partition coefficient (Wildman–Crippen LogP) is 4.90. The summed E-state index contributed by atoms with van der Waals surface area (Å²) in [6, 6.07) is 18.2. The van der Waals surface area contributed by atoms with Gasteiger partial charge in [-0.2, -0.15) is 0 Å². The van der Waals surface area contributed by atoms with Crippen molar-refractivity contribution in [3.63, 3.8) is 0 Å². The first kappa shape index (κ1) is 20.7. The van der Waals surface area contributed by atoms with Gasteiger partial charge in [0.2, 0.25) is 0 Å². The first-order valence-corrected chi connectivity index (χ1v) is 11.4. The predicted molar refractivity (Wildman–Crippen MR) is 129 cm³/mol. The maximum atomic E-state index is 13.1. The van der Waals surface area contributed by atoms with Crippen LogP contribution in [-0.2, 0) is 9.59 Å². The van der Waals surface area contributed by atoms with Gasteiger partial charge >= 0.3 is 0 Å². The molecule has 2 amide bonds. The van der Waals surface area contributed by atoms with E-state index in [0.717, 1.165) is 15.5 Å². The van der Waals surface area contributed by atoms with Crippen molar-refractivity contribution in [3.8, 4) is 0 Å². The van der Waals surface area contributed by atoms with E-state index in [1.165, 1.54) is 22.7 Å². The third-order valence-corrected chi connectivity index (χ3v) is 6.26. The lowest BCUT2D eigenvalue weighted by molar-refractivity contribution is -0.122. The van der Waals surface area contributed by atoms with Gasteiger partial charge in [0.05, 0.1) is 16.7 Å². The van der Waals surface area contributed by atoms with Crippen molar-refractivity contribution in [2.45, 2.75) is 10.2 Å². The highest BCUT2D eigenvalue weighted by Crippen LogP contribution is 2.30. The molecule has 158 valence electrons. The van der Waals surface area contributed by atoms with Gasteiger partial charge in [0.25, 0.3) is 11.8 Å². The first-order valence-electron chi connectivity index (χ1n) is 9.37. The van der Waals surface area contributed by atoms with Gasteiger partial charge in [-0.05, 0) is 78.6 Å². The molecule has 0 atom stereocenters. The van der Waals surface area contributed by atoms with Crippen molar-refractivity contribution in [2.75, 3.05) is 4.90 Å². The summed E-state index contributed by atoms with van der Waals surface area (Å²) in [7, 11) is 0. The molecular weight excluding hydrogens is 512 g/mol. The number of benzene rings is 2. The number of furan rings is 1. The quantitative estimate of drug-likeness (QED) is 0.224. The van der Waals surface area contributed by atoms with Crippen LogP contribution in [0.5, 0.6) is 0 Å². The van der Waals surface area contributed by atoms with E-state index in [0.29, 0.717) is 21.7 Å². The van der Waals surface area contributed by atoms with E-state index in [-0.39, 0.29) is 10.7 Å². The second kappa shape index (κ2) is 8.38. The molecule has 1 aliphatic heterocycles. The van der Waals surface area contributed by atoms with Crippen LogP contribution >= 0.6 is 39.9 Å². The number of thiocarbonyl (C=S) groups is 1. The number of aromatic nitrogens is 2. The molecule has 1 saturated heterocycles. The summed E-state index contributed by atoms with van der Waals surface area (Å²) in [4.78, 5) is 34.5. The highest BCUT2D eigenvalue weighted by molar-refractivity contribution is 9.10. The maximum Gasteiger partial charge on any atom is 0.270 e. The summed E-state index contributed by atoms with van der Waals surface area (Å²) >= 11 is 9.89. The number of fused-ring (bicyclic) bond motifs is 1. The second-order valence-corrected chi connectivity index (χ2v) is 9.05. The smallest absolute Gasteiger partial charge is 0.270 e. The highest BCUT2D eigenvalue weighted by Gasteiger charge is 2.34. The Balaban J connectivity index is 1.40. The van der Waals surface area contributed by atoms with Crippen molar-refractivity contribution < 1.29 is 14.0 Å². The summed E-state index contributed by atoms with van der Waals surface area (Å²) in [5.74, 6) is -0.731. The average molecular weight is 525 g/mol. The Labute approximate surface area is 200 Å². The number of rotatable bonds is 4. The third-order valence-electron chi connectivity index (χ3n) is 4.64. The fourth-order valence-corrected chi connectivity index (χ4v) is 4.48. The molecule has 32 heavy (non-hydrogen) atoms. The number of aromatic amines is 1. The number of halogens is 1. The van der Waals surface area contributed by atoms with Gasteiger partial charge in [-0.15, -0.1) is 0 Å². The van der Waals surface area contributed by atoms with Gasteiger partial charge in [-0.3, -0.25) is 19.8 Å². The molecule has 10 heteroatoms. The van der Waals surface area contributed by atoms with E-state index in [2.05, 4.69) is 31.2 Å². The number of anilines is 1. The van der Waals surface area contributed by atoms with E-state index < -0.39 is 11.8 Å². The molecule has 0 saturated carbocycles. The lowest BCUT2D eigenvalue weighted by Crippen LogP contribution is -2.54. The van der Waals surface area contributed by atoms with Gasteiger partial charge in [-0.1, -0.05) is 28.1 Å². The first-order chi connectivity index (χ1) is 15.5. The Morgan fingerprint density at radius 1 is 1.06 bits per heavy atom. The minimum atomic E-state index is -0.573. The molecule has 4 aromatic rings. The van der Waals surface area contributed by atoms with Gasteiger partial charge < -0.3 is 9.40 Å². The van der Waals surface area contributed by atoms with Crippen LogP contribution in [-0.4, -0.2) is 26.9 Å². The standard InChI is InChI=1S/C22H13BrN4O3S2/c23-12-5-7-13(8-6-12)27-20(29)15(19(28)26-22(27)31)11-14-9-10-18(30-14)32-21-24-16-3-1-2-4-17(16)25-21/h1-11H,(H,24,25)(H,26,28,31)/b15-11+. The van der Waals surface area contributed by atoms with E-state index in [9.17, 15) is 9.59 Å². The summed E-state index contributed by atoms with van der Waals surface area (Å²) in [5, 5.41) is 3.84. The largest absolute Gasteiger partial charge is 0.450 e. The van der Waals surface area contributed by atoms with Crippen LogP contribution in [0, 0.1) is 0 Å². The van der Waals surface area contributed by atoms with Crippen molar-refractivity contribution in [1.29, 1.82) is 0 Å². The molecule has 0 bridgehead atoms. The number of H-pyrrole nitrogens is 1. The van der Waals surface area contributed by atoms with Crippen LogP contribution in [0.2, 0.25) is 0 Å². The van der Waals surface area contributed by atoms with Crippen LogP contribution in [0.1, 0.15) is 5.76 Å². The second-order valence-electron chi connectivity index (χ2n) is 6.75. The third kappa shape index (κ3) is 3.99. The molecule has 0 aliphatic carbocycles. The highest BCUT2D eigenvalue weighted by atomic mass is 79.9. The van der Waals surface area contributed by atoms with Crippen molar-refractivity contribution >= 4 is 79.6 Å². The van der Waals surface area contributed by atoms with Crippen molar-refractivity contribution in [3.05, 3.63) is 76.5 Å². The summed E-state index contributed by atoms with van der Waals surface area (Å²) in [6.45, 7) is 0. The van der Waals surface area contributed by atoms with Crippen LogP contribution in [0.25, 0.3) is 17.1 Å². The summed E-state index contributed by atoms with van der Waals surface area (Å²) in [6.07, 6.45) is 1.41. The van der Waals surface area contributed by atoms with Gasteiger partial charge in [0, 0.05) is 4.47 Å². The van der Waals surface area contributed by atoms with Crippen LogP contribution in [0.15, 0.2) is 85.4 Å². The maximum absolute atomic E-state index is 13.1. The molecule has 0 radical (unpaired) electrons. The molecule has 0 spiro atoms. The van der Waals surface area contributed by atoms with E-state index in [1.54, 1.807) is 36.4 Å². The molecule has 2 N–H and O–H groups in total. The van der Waals surface area contributed by atoms with Crippen LogP contribution < -0.4 is 10.2 Å². The van der Waals surface area contributed by atoms with Gasteiger partial charge in [0.15, 0.2) is 15.4 Å². The zero-order chi connectivity index (χ0) is 22.2. The number of carbonyl (C=O) groups is 2. The monoisotopic (exact) mass is 524 g/mol. The minimum Gasteiger partial charge on any atom is -0.450 e. The van der Waals surface area contributed by atoms with E-state index in [4.69, 9.17) is 16.6 Å². The van der Waals surface area contributed by atoms with E-state index in [1.807, 2.05) is 24.3 Å². The molecule has 2 aromatic carbocycles. The van der Waals surface area contributed by atoms with Crippen LogP contribution in [0.3, 0.4) is 0 Å². The number of nitrogens with one attached hydrogen (secondary N) is 2. The van der Waals surface area contributed by atoms with Crippen LogP contribution in [0.4, 0.5) is 5.69 Å². The van der Waals surface area contributed by atoms with Gasteiger partial charge in [-0.25, -0.2) is 4.98 Å². The molecule has 2 aromatic heterocycles. The van der Waals surface area contributed by atoms with E-state index >= 15 is 0 Å². The number of carbonyl (C=O) groups excluding carboxylic acids is 2. The lowest BCUT2D eigenvalue weighted by atomic mass is 10.1. The number of imidazole rings is 1. The summed E-state index contributed by atoms with van der Waals surface area (Å²) < 4.78 is 6.67. The topological polar surface area (TPSA) is 91.2 Å². The summed E-state index contributed by atoms with van der Waals surface area (Å²) in [5.41, 5.74) is 2.26. The zero-order valence-electron chi connectivity index (χ0n) is 16.2. The number of hydrogen-bond donors (Lipinski definition) is 2. The fraction of sp³-hybridized carbons (Fsp3) is 0. The number of nitrogens with zero attached hydrogens (tertiary/aromatic N) is 2. The molecule has 0 unspecified atom stereocenters. The Kier molecular flexibility index (Phi) is 5.41.